The first kappa shape index (κ1) is 39.1. The van der Waals surface area contributed by atoms with Gasteiger partial charge in [0.15, 0.2) is 0 Å². The summed E-state index contributed by atoms with van der Waals surface area (Å²) in [5.74, 6) is 0. The predicted molar refractivity (Wildman–Crippen MR) is 278 cm³/mol. The number of anilines is 3. The van der Waals surface area contributed by atoms with Crippen LogP contribution < -0.4 is 4.90 Å². The van der Waals surface area contributed by atoms with Crippen LogP contribution in [-0.4, -0.2) is 0 Å². The summed E-state index contributed by atoms with van der Waals surface area (Å²) >= 11 is 0. The van der Waals surface area contributed by atoms with E-state index in [1.807, 2.05) is 0 Å². The second kappa shape index (κ2) is 16.6. The lowest BCUT2D eigenvalue weighted by molar-refractivity contribution is 0.768. The molecule has 0 amide bonds. The van der Waals surface area contributed by atoms with Gasteiger partial charge >= 0.3 is 0 Å². The Bertz CT molecular complexity index is 3460. The Morgan fingerprint density at radius 1 is 0.273 bits per heavy atom. The second-order valence-corrected chi connectivity index (χ2v) is 17.2. The number of fused-ring (bicyclic) bond motifs is 4. The number of rotatable bonds is 9. The van der Waals surface area contributed by atoms with Crippen LogP contribution in [-0.2, 0) is 5.41 Å². The Hall–Kier alpha value is -8.52. The molecule has 0 bridgehead atoms. The van der Waals surface area contributed by atoms with Gasteiger partial charge in [0.05, 0.1) is 11.1 Å². The van der Waals surface area contributed by atoms with E-state index < -0.39 is 5.41 Å². The second-order valence-electron chi connectivity index (χ2n) is 17.2. The van der Waals surface area contributed by atoms with Gasteiger partial charge in [0.2, 0.25) is 0 Å². The van der Waals surface area contributed by atoms with Gasteiger partial charge < -0.3 is 4.90 Å². The molecule has 0 fully saturated rings. The first-order chi connectivity index (χ1) is 32.8. The number of nitrogens with zero attached hydrogens (tertiary/aromatic N) is 1. The largest absolute Gasteiger partial charge is 0.310 e. The van der Waals surface area contributed by atoms with Crippen LogP contribution in [0.4, 0.5) is 17.1 Å². The Balaban J connectivity index is 1.04. The summed E-state index contributed by atoms with van der Waals surface area (Å²) in [5, 5.41) is 2.49. The van der Waals surface area contributed by atoms with Gasteiger partial charge in [-0.1, -0.05) is 237 Å². The minimum atomic E-state index is -0.496. The van der Waals surface area contributed by atoms with Gasteiger partial charge in [0.1, 0.15) is 0 Å². The maximum Gasteiger partial charge on any atom is 0.0713 e. The molecule has 310 valence electrons. The van der Waals surface area contributed by atoms with Crippen molar-refractivity contribution in [2.24, 2.45) is 0 Å². The Morgan fingerprint density at radius 3 is 1.42 bits per heavy atom. The molecule has 0 radical (unpaired) electrons. The molecule has 0 saturated heterocycles. The summed E-state index contributed by atoms with van der Waals surface area (Å²) in [4.78, 5) is 2.44. The molecule has 0 aromatic heterocycles. The van der Waals surface area contributed by atoms with Gasteiger partial charge in [-0.25, -0.2) is 0 Å². The standard InChI is InChI=1S/C65H45N/c1-4-19-46(20-5-1)50-23-16-24-51(45-50)47-37-41-54(42-38-47)66(55-43-39-49(40-44-55)57-32-17-22-48-21-10-11-29-56(48)57)63-36-15-13-30-58(63)59-33-18-35-62-64(59)60-31-12-14-34-61(60)65(62,52-25-6-2-7-26-52)53-27-8-3-9-28-53/h1-45H. The van der Waals surface area contributed by atoms with E-state index in [0.29, 0.717) is 0 Å². The van der Waals surface area contributed by atoms with Crippen LogP contribution in [0.1, 0.15) is 22.3 Å². The minimum absolute atomic E-state index is 0.496. The van der Waals surface area contributed by atoms with E-state index in [0.717, 1.165) is 17.1 Å². The third kappa shape index (κ3) is 6.56. The Morgan fingerprint density at radius 2 is 0.727 bits per heavy atom. The van der Waals surface area contributed by atoms with Gasteiger partial charge in [0.25, 0.3) is 0 Å². The van der Waals surface area contributed by atoms with Crippen molar-refractivity contribution >= 4 is 27.8 Å². The van der Waals surface area contributed by atoms with Crippen molar-refractivity contribution in [2.75, 3.05) is 4.90 Å². The van der Waals surface area contributed by atoms with E-state index >= 15 is 0 Å². The fraction of sp³-hybridized carbons (Fsp3) is 0.0154. The zero-order valence-corrected chi connectivity index (χ0v) is 36.4. The molecule has 1 heteroatoms. The molecule has 66 heavy (non-hydrogen) atoms. The van der Waals surface area contributed by atoms with E-state index in [4.69, 9.17) is 0 Å². The minimum Gasteiger partial charge on any atom is -0.310 e. The van der Waals surface area contributed by atoms with Gasteiger partial charge in [-0.05, 0) is 119 Å². The van der Waals surface area contributed by atoms with Crippen LogP contribution in [0, 0.1) is 0 Å². The van der Waals surface area contributed by atoms with Crippen LogP contribution in [0.2, 0.25) is 0 Å². The summed E-state index contributed by atoms with van der Waals surface area (Å²) in [6.45, 7) is 0. The van der Waals surface area contributed by atoms with E-state index in [1.165, 1.54) is 88.7 Å². The quantitative estimate of drug-likeness (QED) is 0.140. The highest BCUT2D eigenvalue weighted by molar-refractivity contribution is 6.01. The van der Waals surface area contributed by atoms with E-state index in [-0.39, 0.29) is 0 Å². The lowest BCUT2D eigenvalue weighted by Crippen LogP contribution is -2.28. The Labute approximate surface area is 387 Å². The highest BCUT2D eigenvalue weighted by atomic mass is 15.1. The summed E-state index contributed by atoms with van der Waals surface area (Å²) in [5.41, 5.74) is 20.0. The zero-order chi connectivity index (χ0) is 43.9. The fourth-order valence-corrected chi connectivity index (χ4v) is 10.6. The molecular weight excluding hydrogens is 795 g/mol. The highest BCUT2D eigenvalue weighted by Gasteiger charge is 2.46. The molecule has 0 atom stereocenters. The van der Waals surface area contributed by atoms with Crippen molar-refractivity contribution in [1.82, 2.24) is 0 Å². The first-order valence-corrected chi connectivity index (χ1v) is 22.8. The fourth-order valence-electron chi connectivity index (χ4n) is 10.6. The van der Waals surface area contributed by atoms with Crippen LogP contribution in [0.25, 0.3) is 66.4 Å². The number of hydrogen-bond acceptors (Lipinski definition) is 1. The normalized spacial score (nSPS) is 12.4. The zero-order valence-electron chi connectivity index (χ0n) is 36.4. The lowest BCUT2D eigenvalue weighted by atomic mass is 9.67. The van der Waals surface area contributed by atoms with Gasteiger partial charge in [0, 0.05) is 16.9 Å². The molecule has 11 aromatic carbocycles. The van der Waals surface area contributed by atoms with Gasteiger partial charge in [-0.15, -0.1) is 0 Å². The predicted octanol–water partition coefficient (Wildman–Crippen LogP) is 17.3. The molecule has 11 aromatic rings. The molecule has 0 saturated carbocycles. The molecule has 0 heterocycles. The molecular formula is C65H45N. The summed E-state index contributed by atoms with van der Waals surface area (Å²) in [7, 11) is 0. The van der Waals surface area contributed by atoms with Crippen LogP contribution in [0.5, 0.6) is 0 Å². The van der Waals surface area contributed by atoms with E-state index in [9.17, 15) is 0 Å². The molecule has 1 aliphatic carbocycles. The van der Waals surface area contributed by atoms with Crippen LogP contribution in [0.3, 0.4) is 0 Å². The third-order valence-corrected chi connectivity index (χ3v) is 13.6. The van der Waals surface area contributed by atoms with Crippen LogP contribution in [0.15, 0.2) is 273 Å². The van der Waals surface area contributed by atoms with Crippen molar-refractivity contribution in [1.29, 1.82) is 0 Å². The third-order valence-electron chi connectivity index (χ3n) is 13.6. The van der Waals surface area contributed by atoms with Crippen molar-refractivity contribution in [3.8, 4) is 55.6 Å². The summed E-state index contributed by atoms with van der Waals surface area (Å²) in [6.07, 6.45) is 0. The van der Waals surface area contributed by atoms with Crippen molar-refractivity contribution in [3.05, 3.63) is 295 Å². The smallest absolute Gasteiger partial charge is 0.0713 e. The summed E-state index contributed by atoms with van der Waals surface area (Å²) < 4.78 is 0. The van der Waals surface area contributed by atoms with Gasteiger partial charge in [-0.3, -0.25) is 0 Å². The van der Waals surface area contributed by atoms with Crippen LogP contribution >= 0.6 is 0 Å². The highest BCUT2D eigenvalue weighted by Crippen LogP contribution is 2.59. The number of para-hydroxylation sites is 1. The maximum atomic E-state index is 2.44. The number of hydrogen-bond donors (Lipinski definition) is 0. The first-order valence-electron chi connectivity index (χ1n) is 22.8. The van der Waals surface area contributed by atoms with Crippen molar-refractivity contribution in [2.45, 2.75) is 5.41 Å². The molecule has 1 nitrogen and oxygen atoms in total. The summed E-state index contributed by atoms with van der Waals surface area (Å²) in [6, 6.07) is 100.0. The molecule has 0 unspecified atom stereocenters. The molecule has 0 aliphatic heterocycles. The topological polar surface area (TPSA) is 3.24 Å². The average Bonchev–Trinajstić information content (AvgIpc) is 3.71. The van der Waals surface area contributed by atoms with Crippen molar-refractivity contribution in [3.63, 3.8) is 0 Å². The molecule has 0 spiro atoms. The molecule has 12 rings (SSSR count). The number of benzene rings is 11. The maximum absolute atomic E-state index is 2.44. The average molecular weight is 840 g/mol. The molecule has 0 N–H and O–H groups in total. The van der Waals surface area contributed by atoms with E-state index in [1.54, 1.807) is 0 Å². The van der Waals surface area contributed by atoms with Crippen molar-refractivity contribution < 1.29 is 0 Å². The van der Waals surface area contributed by atoms with E-state index in [2.05, 4.69) is 278 Å². The van der Waals surface area contributed by atoms with Gasteiger partial charge in [-0.2, -0.15) is 0 Å². The molecule has 1 aliphatic rings. The Kier molecular flexibility index (Phi) is 9.81. The lowest BCUT2D eigenvalue weighted by Gasteiger charge is -2.34. The monoisotopic (exact) mass is 839 g/mol. The SMILES string of the molecule is c1ccc(-c2cccc(-c3ccc(N(c4ccc(-c5cccc6ccccc56)cc4)c4ccccc4-c4cccc5c4-c4ccccc4C5(c4ccccc4)c4ccccc4)cc3)c2)cc1.